The fourth-order valence-corrected chi connectivity index (χ4v) is 2.94. The Morgan fingerprint density at radius 2 is 0.731 bits per heavy atom. The van der Waals surface area contributed by atoms with Crippen LogP contribution >= 0.6 is 0 Å². The van der Waals surface area contributed by atoms with Crippen LogP contribution in [0.4, 0.5) is 0 Å². The van der Waals surface area contributed by atoms with E-state index in [1.54, 1.807) is 0 Å². The molecule has 3 aromatic rings. The Kier molecular flexibility index (Phi) is 5.67. The minimum atomic E-state index is 0. The second-order valence-corrected chi connectivity index (χ2v) is 5.91. The second-order valence-electron chi connectivity index (χ2n) is 5.91. The molecular weight excluding hydrogens is 345 g/mol. The van der Waals surface area contributed by atoms with Crippen molar-refractivity contribution in [3.63, 3.8) is 0 Å². The lowest BCUT2D eigenvalue weighted by Gasteiger charge is -1.85. The largest absolute Gasteiger partial charge is 0.355 e. The third kappa shape index (κ3) is 3.93. The van der Waals surface area contributed by atoms with E-state index in [9.17, 15) is 0 Å². The number of hydrogen-bond donors (Lipinski definition) is 2. The van der Waals surface area contributed by atoms with E-state index >= 15 is 0 Å². The Morgan fingerprint density at radius 3 is 1.00 bits per heavy atom. The molecule has 0 aromatic carbocycles. The van der Waals surface area contributed by atoms with E-state index in [2.05, 4.69) is 44.2 Å². The summed E-state index contributed by atoms with van der Waals surface area (Å²) in [6.07, 6.45) is 8.09. The quantitative estimate of drug-likeness (QED) is 0.416. The van der Waals surface area contributed by atoms with E-state index in [0.717, 1.165) is 44.8 Å². The molecule has 0 fully saturated rings. The molecule has 0 saturated carbocycles. The molecule has 0 saturated heterocycles. The summed E-state index contributed by atoms with van der Waals surface area (Å²) in [4.78, 5) is 16.0. The maximum atomic E-state index is 4.63. The maximum Gasteiger partial charge on any atom is 0.316 e. The van der Waals surface area contributed by atoms with Crippen LogP contribution in [0, 0.1) is 0 Å². The number of rotatable bonds is 0. The normalized spacial score (nSPS) is 11.7. The van der Waals surface area contributed by atoms with E-state index in [1.807, 2.05) is 48.6 Å². The van der Waals surface area contributed by atoms with Crippen molar-refractivity contribution >= 4 is 92.5 Å². The molecule has 0 unspecified atom stereocenters. The summed E-state index contributed by atoms with van der Waals surface area (Å²) in [6.45, 7) is 0. The lowest BCUT2D eigenvalue weighted by atomic mass is 10.3. The van der Waals surface area contributed by atoms with Crippen LogP contribution in [-0.2, 0) is 0 Å². The summed E-state index contributed by atoms with van der Waals surface area (Å²) >= 11 is 0. The molecule has 0 spiro atoms. The van der Waals surface area contributed by atoms with Gasteiger partial charge in [-0.15, -0.1) is 0 Å². The zero-order chi connectivity index (χ0) is 15.9. The molecule has 2 N–H and O–H groups in total. The molecule has 0 aliphatic carbocycles. The molecule has 8 bridgehead atoms. The van der Waals surface area contributed by atoms with Crippen LogP contribution < -0.4 is 0 Å². The maximum absolute atomic E-state index is 4.63. The third-order valence-electron chi connectivity index (χ3n) is 4.04. The number of nitrogens with one attached hydrogen (secondary N) is 2. The van der Waals surface area contributed by atoms with Gasteiger partial charge in [0.1, 0.15) is 0 Å². The van der Waals surface area contributed by atoms with Crippen LogP contribution in [0.3, 0.4) is 0 Å². The van der Waals surface area contributed by atoms with Crippen LogP contribution in [0.5, 0.6) is 0 Å². The number of aromatic amines is 2. The zero-order valence-electron chi connectivity index (χ0n) is 12.8. The van der Waals surface area contributed by atoms with Crippen molar-refractivity contribution in [1.29, 1.82) is 0 Å². The standard InChI is InChI=1S/C20H14N4.2Mg.4H/c1-2-14-10-16-5-6-18(23-16)12-20-8-7-19(24-20)11-17-4-3-15(22-17)9-13(1)21-14;;;;;;/h1-12,21,24H;;;;;;. The second kappa shape index (κ2) is 7.79. The Bertz CT molecular complexity index is 994. The van der Waals surface area contributed by atoms with E-state index in [0.29, 0.717) is 0 Å². The van der Waals surface area contributed by atoms with Crippen molar-refractivity contribution in [2.24, 2.45) is 0 Å². The highest BCUT2D eigenvalue weighted by atomic mass is 24.3. The number of aromatic nitrogens is 4. The molecule has 2 aliphatic heterocycles. The number of nitrogens with zero attached hydrogens (tertiary/aromatic N) is 2. The van der Waals surface area contributed by atoms with Crippen molar-refractivity contribution in [3.8, 4) is 0 Å². The van der Waals surface area contributed by atoms with Crippen molar-refractivity contribution in [1.82, 2.24) is 19.9 Å². The average molecular weight is 363 g/mol. The highest BCUT2D eigenvalue weighted by Crippen LogP contribution is 2.16. The summed E-state index contributed by atoms with van der Waals surface area (Å²) in [7, 11) is 0. The fraction of sp³-hybridized carbons (Fsp3) is 0. The van der Waals surface area contributed by atoms with Gasteiger partial charge in [-0.3, -0.25) is 0 Å². The van der Waals surface area contributed by atoms with Crippen LogP contribution in [-0.4, -0.2) is 66.0 Å². The molecule has 5 rings (SSSR count). The Labute approximate surface area is 182 Å². The van der Waals surface area contributed by atoms with Crippen LogP contribution in [0.1, 0.15) is 22.8 Å². The highest BCUT2D eigenvalue weighted by molar-refractivity contribution is 5.77. The van der Waals surface area contributed by atoms with Crippen molar-refractivity contribution in [2.75, 3.05) is 0 Å². The van der Waals surface area contributed by atoms with Gasteiger partial charge in [0, 0.05) is 22.1 Å². The van der Waals surface area contributed by atoms with Gasteiger partial charge in [0.2, 0.25) is 0 Å². The first-order valence-electron chi connectivity index (χ1n) is 7.85. The lowest BCUT2D eigenvalue weighted by Crippen LogP contribution is -1.75. The number of fused-ring (bicyclic) bond motifs is 8. The van der Waals surface area contributed by atoms with Crippen LogP contribution in [0.25, 0.3) is 46.4 Å². The third-order valence-corrected chi connectivity index (χ3v) is 4.04. The van der Waals surface area contributed by atoms with Gasteiger partial charge in [-0.2, -0.15) is 0 Å². The minimum absolute atomic E-state index is 0. The van der Waals surface area contributed by atoms with Gasteiger partial charge in [-0.05, 0) is 72.8 Å². The van der Waals surface area contributed by atoms with Gasteiger partial charge in [0.25, 0.3) is 0 Å². The van der Waals surface area contributed by atoms with Crippen molar-refractivity contribution < 1.29 is 0 Å². The van der Waals surface area contributed by atoms with Crippen LogP contribution in [0.15, 0.2) is 48.5 Å². The summed E-state index contributed by atoms with van der Waals surface area (Å²) in [5, 5.41) is 0. The topological polar surface area (TPSA) is 57.4 Å². The molecular formula is C20H18Mg2N4. The zero-order valence-corrected chi connectivity index (χ0v) is 12.8. The SMILES string of the molecule is C1=Cc2cc3ccc(cc4nc(cc5ccc(cc1n2)[nH]5)C=C4)[nH]3.[MgH2].[MgH2]. The van der Waals surface area contributed by atoms with Gasteiger partial charge in [0.15, 0.2) is 0 Å². The van der Waals surface area contributed by atoms with E-state index in [-0.39, 0.29) is 46.1 Å². The summed E-state index contributed by atoms with van der Waals surface area (Å²) in [5.74, 6) is 0. The molecule has 2 aliphatic rings. The fourth-order valence-electron chi connectivity index (χ4n) is 2.94. The van der Waals surface area contributed by atoms with Gasteiger partial charge < -0.3 is 9.97 Å². The Hall–Kier alpha value is -1.87. The van der Waals surface area contributed by atoms with Crippen molar-refractivity contribution in [3.05, 3.63) is 71.3 Å². The van der Waals surface area contributed by atoms with Crippen molar-refractivity contribution in [2.45, 2.75) is 0 Å². The van der Waals surface area contributed by atoms with Gasteiger partial charge in [0.05, 0.1) is 22.8 Å². The first-order chi connectivity index (χ1) is 11.8. The molecule has 0 atom stereocenters. The van der Waals surface area contributed by atoms with E-state index in [1.165, 1.54) is 0 Å². The molecule has 122 valence electrons. The predicted octanol–water partition coefficient (Wildman–Crippen LogP) is 2.82. The predicted molar refractivity (Wildman–Crippen MR) is 116 cm³/mol. The molecule has 3 aromatic heterocycles. The minimum Gasteiger partial charge on any atom is -0.355 e. The number of H-pyrrole nitrogens is 2. The van der Waals surface area contributed by atoms with Gasteiger partial charge in [-0.1, -0.05) is 0 Å². The molecule has 0 amide bonds. The first kappa shape index (κ1) is 18.9. The summed E-state index contributed by atoms with van der Waals surface area (Å²) < 4.78 is 0. The van der Waals surface area contributed by atoms with E-state index < -0.39 is 0 Å². The molecule has 5 heterocycles. The van der Waals surface area contributed by atoms with Crippen LogP contribution in [0.2, 0.25) is 0 Å². The Balaban J connectivity index is 0.000000980. The van der Waals surface area contributed by atoms with Gasteiger partial charge in [-0.25, -0.2) is 9.97 Å². The van der Waals surface area contributed by atoms with E-state index in [4.69, 9.17) is 0 Å². The molecule has 26 heavy (non-hydrogen) atoms. The molecule has 6 heteroatoms. The smallest absolute Gasteiger partial charge is 0.316 e. The monoisotopic (exact) mass is 362 g/mol. The van der Waals surface area contributed by atoms with Gasteiger partial charge >= 0.3 is 46.1 Å². The first-order valence-corrected chi connectivity index (χ1v) is 7.85. The molecule has 0 radical (unpaired) electrons. The summed E-state index contributed by atoms with van der Waals surface area (Å²) in [6, 6.07) is 16.4. The average Bonchev–Trinajstić information content (AvgIpc) is 3.32. The number of hydrogen-bond acceptors (Lipinski definition) is 2. The lowest BCUT2D eigenvalue weighted by molar-refractivity contribution is 1.31. The Morgan fingerprint density at radius 1 is 0.462 bits per heavy atom. The highest BCUT2D eigenvalue weighted by Gasteiger charge is 2.00. The molecule has 4 nitrogen and oxygen atoms in total. The summed E-state index contributed by atoms with van der Waals surface area (Å²) in [5.41, 5.74) is 7.86.